The Morgan fingerprint density at radius 2 is 1.78 bits per heavy atom. The van der Waals surface area contributed by atoms with E-state index in [9.17, 15) is 9.18 Å². The lowest BCUT2D eigenvalue weighted by Crippen LogP contribution is -2.06. The van der Waals surface area contributed by atoms with E-state index in [1.54, 1.807) is 19.1 Å². The van der Waals surface area contributed by atoms with Gasteiger partial charge in [0.05, 0.1) is 6.61 Å². The molecule has 0 saturated heterocycles. The summed E-state index contributed by atoms with van der Waals surface area (Å²) in [7, 11) is 0. The normalized spacial score (nSPS) is 10.5. The summed E-state index contributed by atoms with van der Waals surface area (Å²) in [5.41, 5.74) is 2.31. The van der Waals surface area contributed by atoms with Crippen molar-refractivity contribution in [2.75, 3.05) is 6.61 Å². The van der Waals surface area contributed by atoms with E-state index in [4.69, 9.17) is 4.74 Å². The Balaban J connectivity index is 2.10. The number of H-pyrrole nitrogens is 1. The van der Waals surface area contributed by atoms with Crippen molar-refractivity contribution >= 4 is 5.97 Å². The monoisotopic (exact) mass is 310 g/mol. The summed E-state index contributed by atoms with van der Waals surface area (Å²) in [4.78, 5) is 19.7. The Morgan fingerprint density at radius 1 is 1.09 bits per heavy atom. The number of nitrogens with zero attached hydrogens (tertiary/aromatic N) is 1. The molecule has 0 atom stereocenters. The summed E-state index contributed by atoms with van der Waals surface area (Å²) in [6, 6.07) is 15.3. The number of benzene rings is 2. The molecular formula is C18H15FN2O2. The molecule has 0 spiro atoms. The van der Waals surface area contributed by atoms with Crippen molar-refractivity contribution in [3.05, 3.63) is 66.1 Å². The van der Waals surface area contributed by atoms with Crippen molar-refractivity contribution in [3.8, 4) is 22.6 Å². The Morgan fingerprint density at radius 3 is 2.43 bits per heavy atom. The van der Waals surface area contributed by atoms with Gasteiger partial charge in [0, 0.05) is 11.1 Å². The van der Waals surface area contributed by atoms with Gasteiger partial charge in [-0.2, -0.15) is 0 Å². The molecule has 0 bridgehead atoms. The van der Waals surface area contributed by atoms with E-state index < -0.39 is 5.97 Å². The third kappa shape index (κ3) is 3.13. The quantitative estimate of drug-likeness (QED) is 0.739. The zero-order chi connectivity index (χ0) is 16.2. The highest BCUT2D eigenvalue weighted by atomic mass is 19.1. The van der Waals surface area contributed by atoms with Crippen LogP contribution in [0.25, 0.3) is 22.6 Å². The first kappa shape index (κ1) is 15.0. The number of nitrogens with one attached hydrogen (secondary N) is 1. The first-order valence-electron chi connectivity index (χ1n) is 7.27. The molecule has 0 radical (unpaired) electrons. The molecule has 5 heteroatoms. The highest BCUT2D eigenvalue weighted by Gasteiger charge is 2.20. The van der Waals surface area contributed by atoms with Crippen LogP contribution >= 0.6 is 0 Å². The number of aromatic nitrogens is 2. The summed E-state index contributed by atoms with van der Waals surface area (Å²) in [6.07, 6.45) is 0. The maximum Gasteiger partial charge on any atom is 0.357 e. The fraction of sp³-hybridized carbons (Fsp3) is 0.111. The predicted molar refractivity (Wildman–Crippen MR) is 85.4 cm³/mol. The van der Waals surface area contributed by atoms with Crippen LogP contribution in [0.4, 0.5) is 4.39 Å². The molecule has 0 aliphatic carbocycles. The zero-order valence-corrected chi connectivity index (χ0v) is 12.5. The van der Waals surface area contributed by atoms with E-state index in [1.165, 1.54) is 12.1 Å². The molecule has 0 saturated carbocycles. The predicted octanol–water partition coefficient (Wildman–Crippen LogP) is 4.06. The minimum absolute atomic E-state index is 0.276. The number of aromatic amines is 1. The van der Waals surface area contributed by atoms with Crippen LogP contribution < -0.4 is 0 Å². The number of halogens is 1. The fourth-order valence-electron chi connectivity index (χ4n) is 2.27. The Bertz CT molecular complexity index is 811. The maximum absolute atomic E-state index is 13.1. The second-order valence-electron chi connectivity index (χ2n) is 4.90. The summed E-state index contributed by atoms with van der Waals surface area (Å²) in [5.74, 6) is -0.298. The third-order valence-electron chi connectivity index (χ3n) is 3.35. The van der Waals surface area contributed by atoms with Gasteiger partial charge in [-0.05, 0) is 31.2 Å². The van der Waals surface area contributed by atoms with Gasteiger partial charge in [0.1, 0.15) is 17.3 Å². The highest BCUT2D eigenvalue weighted by molar-refractivity contribution is 5.95. The molecule has 3 rings (SSSR count). The number of ether oxygens (including phenoxy) is 1. The lowest BCUT2D eigenvalue weighted by Gasteiger charge is -2.02. The van der Waals surface area contributed by atoms with Crippen molar-refractivity contribution in [2.24, 2.45) is 0 Å². The van der Waals surface area contributed by atoms with Crippen molar-refractivity contribution in [3.63, 3.8) is 0 Å². The minimum atomic E-state index is -0.466. The minimum Gasteiger partial charge on any atom is -0.461 e. The van der Waals surface area contributed by atoms with E-state index in [0.29, 0.717) is 17.1 Å². The molecule has 0 aliphatic rings. The van der Waals surface area contributed by atoms with Crippen LogP contribution in [-0.4, -0.2) is 22.5 Å². The maximum atomic E-state index is 13.1. The highest BCUT2D eigenvalue weighted by Crippen LogP contribution is 2.26. The number of carbonyl (C=O) groups is 1. The Labute approximate surface area is 133 Å². The molecule has 0 aliphatic heterocycles. The number of hydrogen-bond donors (Lipinski definition) is 1. The van der Waals surface area contributed by atoms with Gasteiger partial charge >= 0.3 is 5.97 Å². The van der Waals surface area contributed by atoms with Gasteiger partial charge in [0.15, 0.2) is 5.69 Å². The standard InChI is InChI=1S/C18H15FN2O2/c1-2-23-18(22)16-15(12-6-4-3-5-7-12)20-17(21-16)13-8-10-14(19)11-9-13/h3-11H,2H2,1H3,(H,20,21). The third-order valence-corrected chi connectivity index (χ3v) is 3.35. The van der Waals surface area contributed by atoms with Crippen LogP contribution in [0.15, 0.2) is 54.6 Å². The lowest BCUT2D eigenvalue weighted by atomic mass is 10.1. The number of carbonyl (C=O) groups excluding carboxylic acids is 1. The number of hydrogen-bond acceptors (Lipinski definition) is 3. The number of imidazole rings is 1. The molecule has 4 nitrogen and oxygen atoms in total. The van der Waals surface area contributed by atoms with E-state index >= 15 is 0 Å². The Kier molecular flexibility index (Phi) is 4.19. The fourth-order valence-corrected chi connectivity index (χ4v) is 2.27. The van der Waals surface area contributed by atoms with Gasteiger partial charge in [-0.1, -0.05) is 30.3 Å². The molecular weight excluding hydrogens is 295 g/mol. The van der Waals surface area contributed by atoms with Crippen molar-refractivity contribution in [2.45, 2.75) is 6.92 Å². The smallest absolute Gasteiger partial charge is 0.357 e. The molecule has 1 heterocycles. The van der Waals surface area contributed by atoms with Gasteiger partial charge in [0.25, 0.3) is 0 Å². The SMILES string of the molecule is CCOC(=O)c1[nH]c(-c2ccc(F)cc2)nc1-c1ccccc1. The van der Waals surface area contributed by atoms with Crippen molar-refractivity contribution in [1.29, 1.82) is 0 Å². The molecule has 0 amide bonds. The van der Waals surface area contributed by atoms with Gasteiger partial charge in [0.2, 0.25) is 0 Å². The van der Waals surface area contributed by atoms with E-state index in [2.05, 4.69) is 9.97 Å². The Hall–Kier alpha value is -2.95. The van der Waals surface area contributed by atoms with E-state index in [0.717, 1.165) is 5.56 Å². The largest absolute Gasteiger partial charge is 0.461 e. The van der Waals surface area contributed by atoms with Gasteiger partial charge < -0.3 is 9.72 Å². The lowest BCUT2D eigenvalue weighted by molar-refractivity contribution is 0.0521. The van der Waals surface area contributed by atoms with Crippen LogP contribution in [0.3, 0.4) is 0 Å². The van der Waals surface area contributed by atoms with Crippen LogP contribution in [0.2, 0.25) is 0 Å². The molecule has 0 fully saturated rings. The van der Waals surface area contributed by atoms with Crippen LogP contribution in [0.5, 0.6) is 0 Å². The number of esters is 1. The molecule has 23 heavy (non-hydrogen) atoms. The molecule has 3 aromatic rings. The summed E-state index contributed by atoms with van der Waals surface area (Å²) >= 11 is 0. The summed E-state index contributed by atoms with van der Waals surface area (Å²) < 4.78 is 18.2. The van der Waals surface area contributed by atoms with Gasteiger partial charge in [-0.15, -0.1) is 0 Å². The molecule has 0 unspecified atom stereocenters. The van der Waals surface area contributed by atoms with Gasteiger partial charge in [-0.3, -0.25) is 0 Å². The zero-order valence-electron chi connectivity index (χ0n) is 12.5. The first-order valence-corrected chi connectivity index (χ1v) is 7.27. The first-order chi connectivity index (χ1) is 11.2. The van der Waals surface area contributed by atoms with E-state index in [-0.39, 0.29) is 18.1 Å². The average Bonchev–Trinajstić information content (AvgIpc) is 3.02. The molecule has 1 N–H and O–H groups in total. The topological polar surface area (TPSA) is 55.0 Å². The van der Waals surface area contributed by atoms with Crippen LogP contribution in [0, 0.1) is 5.82 Å². The molecule has 2 aromatic carbocycles. The van der Waals surface area contributed by atoms with Crippen molar-refractivity contribution < 1.29 is 13.9 Å². The molecule has 116 valence electrons. The second-order valence-corrected chi connectivity index (χ2v) is 4.90. The summed E-state index contributed by atoms with van der Waals surface area (Å²) in [6.45, 7) is 2.02. The van der Waals surface area contributed by atoms with E-state index in [1.807, 2.05) is 30.3 Å². The number of rotatable bonds is 4. The molecule has 1 aromatic heterocycles. The van der Waals surface area contributed by atoms with Gasteiger partial charge in [-0.25, -0.2) is 14.2 Å². The van der Waals surface area contributed by atoms with Crippen LogP contribution in [0.1, 0.15) is 17.4 Å². The summed E-state index contributed by atoms with van der Waals surface area (Å²) in [5, 5.41) is 0. The van der Waals surface area contributed by atoms with Crippen molar-refractivity contribution in [1.82, 2.24) is 9.97 Å². The second kappa shape index (κ2) is 6.44. The average molecular weight is 310 g/mol. The van der Waals surface area contributed by atoms with Crippen LogP contribution in [-0.2, 0) is 4.74 Å².